The van der Waals surface area contributed by atoms with Crippen molar-refractivity contribution in [2.24, 2.45) is 5.73 Å². The van der Waals surface area contributed by atoms with Gasteiger partial charge in [-0.25, -0.2) is 0 Å². The minimum Gasteiger partial charge on any atom is -0.491 e. The molecule has 1 unspecified atom stereocenters. The van der Waals surface area contributed by atoms with E-state index in [1.54, 1.807) is 0 Å². The molecule has 0 saturated heterocycles. The number of fused-ring (bicyclic) bond motifs is 1. The highest BCUT2D eigenvalue weighted by Gasteiger charge is 2.19. The SMILES string of the molecule is NC1COc2cc(Br)ccc21. The van der Waals surface area contributed by atoms with E-state index in [9.17, 15) is 0 Å². The third-order valence-electron chi connectivity index (χ3n) is 1.79. The van der Waals surface area contributed by atoms with Crippen LogP contribution >= 0.6 is 15.9 Å². The molecule has 1 aromatic rings. The van der Waals surface area contributed by atoms with Gasteiger partial charge in [0.25, 0.3) is 0 Å². The van der Waals surface area contributed by atoms with E-state index in [1.807, 2.05) is 18.2 Å². The lowest BCUT2D eigenvalue weighted by molar-refractivity contribution is 0.333. The van der Waals surface area contributed by atoms with Crippen LogP contribution in [0.4, 0.5) is 0 Å². The van der Waals surface area contributed by atoms with Crippen LogP contribution in [0, 0.1) is 0 Å². The Kier molecular flexibility index (Phi) is 1.62. The van der Waals surface area contributed by atoms with Crippen LogP contribution in [0.2, 0.25) is 0 Å². The number of ether oxygens (including phenoxy) is 1. The molecule has 1 aliphatic rings. The summed E-state index contributed by atoms with van der Waals surface area (Å²) in [5, 5.41) is 0. The van der Waals surface area contributed by atoms with E-state index in [2.05, 4.69) is 15.9 Å². The molecule has 0 aliphatic carbocycles. The summed E-state index contributed by atoms with van der Waals surface area (Å²) < 4.78 is 6.37. The molecule has 0 spiro atoms. The molecule has 2 rings (SSSR count). The van der Waals surface area contributed by atoms with Crippen molar-refractivity contribution in [2.75, 3.05) is 6.61 Å². The first-order valence-electron chi connectivity index (χ1n) is 3.45. The second-order valence-electron chi connectivity index (χ2n) is 2.60. The van der Waals surface area contributed by atoms with E-state index in [0.29, 0.717) is 6.61 Å². The predicted molar refractivity (Wildman–Crippen MR) is 46.6 cm³/mol. The molecule has 11 heavy (non-hydrogen) atoms. The molecule has 0 bridgehead atoms. The quantitative estimate of drug-likeness (QED) is 0.715. The first-order chi connectivity index (χ1) is 5.27. The van der Waals surface area contributed by atoms with Crippen LogP contribution in [0.1, 0.15) is 11.6 Å². The summed E-state index contributed by atoms with van der Waals surface area (Å²) in [6, 6.07) is 5.98. The van der Waals surface area contributed by atoms with Crippen LogP contribution in [0.3, 0.4) is 0 Å². The van der Waals surface area contributed by atoms with E-state index in [1.165, 1.54) is 0 Å². The molecule has 0 amide bonds. The van der Waals surface area contributed by atoms with Crippen LogP contribution in [0.25, 0.3) is 0 Å². The van der Waals surface area contributed by atoms with Gasteiger partial charge in [0.05, 0.1) is 6.04 Å². The Hall–Kier alpha value is -0.540. The number of rotatable bonds is 0. The van der Waals surface area contributed by atoms with Crippen LogP contribution < -0.4 is 10.5 Å². The van der Waals surface area contributed by atoms with Crippen molar-refractivity contribution < 1.29 is 4.74 Å². The van der Waals surface area contributed by atoms with Gasteiger partial charge in [0.15, 0.2) is 0 Å². The zero-order chi connectivity index (χ0) is 7.84. The topological polar surface area (TPSA) is 35.2 Å². The van der Waals surface area contributed by atoms with Crippen molar-refractivity contribution in [3.05, 3.63) is 28.2 Å². The maximum atomic E-state index is 5.76. The molecule has 1 aliphatic heterocycles. The minimum atomic E-state index is 0.0538. The Labute approximate surface area is 73.5 Å². The normalized spacial score (nSPS) is 21.1. The number of halogens is 1. The Morgan fingerprint density at radius 2 is 2.36 bits per heavy atom. The molecule has 3 heteroatoms. The summed E-state index contributed by atoms with van der Waals surface area (Å²) in [6.45, 7) is 0.603. The second kappa shape index (κ2) is 2.50. The number of benzene rings is 1. The molecule has 0 saturated carbocycles. The summed E-state index contributed by atoms with van der Waals surface area (Å²) in [5.74, 6) is 0.909. The minimum absolute atomic E-state index is 0.0538. The average molecular weight is 214 g/mol. The fourth-order valence-corrected chi connectivity index (χ4v) is 1.55. The molecule has 1 heterocycles. The van der Waals surface area contributed by atoms with Gasteiger partial charge >= 0.3 is 0 Å². The Bertz CT molecular complexity index is 287. The molecule has 2 nitrogen and oxygen atoms in total. The molecule has 1 aromatic carbocycles. The Morgan fingerprint density at radius 1 is 1.55 bits per heavy atom. The zero-order valence-corrected chi connectivity index (χ0v) is 7.47. The highest BCUT2D eigenvalue weighted by molar-refractivity contribution is 9.10. The number of nitrogens with two attached hydrogens (primary N) is 1. The van der Waals surface area contributed by atoms with Crippen molar-refractivity contribution in [1.82, 2.24) is 0 Å². The van der Waals surface area contributed by atoms with Gasteiger partial charge in [0.2, 0.25) is 0 Å². The first kappa shape index (κ1) is 7.13. The van der Waals surface area contributed by atoms with E-state index >= 15 is 0 Å². The number of hydrogen-bond donors (Lipinski definition) is 1. The lowest BCUT2D eigenvalue weighted by Gasteiger charge is -1.99. The summed E-state index contributed by atoms with van der Waals surface area (Å²) in [6.07, 6.45) is 0. The number of hydrogen-bond acceptors (Lipinski definition) is 2. The van der Waals surface area contributed by atoms with Crippen LogP contribution in [0.5, 0.6) is 5.75 Å². The van der Waals surface area contributed by atoms with Crippen LogP contribution in [-0.4, -0.2) is 6.61 Å². The molecule has 2 N–H and O–H groups in total. The van der Waals surface area contributed by atoms with Gasteiger partial charge in [-0.2, -0.15) is 0 Å². The maximum Gasteiger partial charge on any atom is 0.125 e. The lowest BCUT2D eigenvalue weighted by atomic mass is 10.1. The van der Waals surface area contributed by atoms with Crippen molar-refractivity contribution >= 4 is 15.9 Å². The summed E-state index contributed by atoms with van der Waals surface area (Å²) >= 11 is 3.36. The lowest BCUT2D eigenvalue weighted by Crippen LogP contribution is -2.10. The van der Waals surface area contributed by atoms with E-state index in [4.69, 9.17) is 10.5 Å². The van der Waals surface area contributed by atoms with Gasteiger partial charge in [-0.15, -0.1) is 0 Å². The molecular formula is C8H8BrNO. The van der Waals surface area contributed by atoms with Gasteiger partial charge in [0.1, 0.15) is 12.4 Å². The third kappa shape index (κ3) is 1.14. The predicted octanol–water partition coefficient (Wildman–Crippen LogP) is 1.84. The molecule has 0 aromatic heterocycles. The van der Waals surface area contributed by atoms with Gasteiger partial charge < -0.3 is 10.5 Å². The molecule has 0 radical (unpaired) electrons. The monoisotopic (exact) mass is 213 g/mol. The molecule has 58 valence electrons. The fraction of sp³-hybridized carbons (Fsp3) is 0.250. The third-order valence-corrected chi connectivity index (χ3v) is 2.29. The van der Waals surface area contributed by atoms with Gasteiger partial charge in [-0.3, -0.25) is 0 Å². The van der Waals surface area contributed by atoms with E-state index in [-0.39, 0.29) is 6.04 Å². The molecule has 1 atom stereocenters. The fourth-order valence-electron chi connectivity index (χ4n) is 1.21. The molecular weight excluding hydrogens is 206 g/mol. The average Bonchev–Trinajstić information content (AvgIpc) is 2.32. The zero-order valence-electron chi connectivity index (χ0n) is 5.88. The first-order valence-corrected chi connectivity index (χ1v) is 4.24. The highest BCUT2D eigenvalue weighted by Crippen LogP contribution is 2.32. The van der Waals surface area contributed by atoms with Crippen molar-refractivity contribution in [3.8, 4) is 5.75 Å². The van der Waals surface area contributed by atoms with Crippen molar-refractivity contribution in [1.29, 1.82) is 0 Å². The largest absolute Gasteiger partial charge is 0.491 e. The van der Waals surface area contributed by atoms with Crippen molar-refractivity contribution in [2.45, 2.75) is 6.04 Å². The van der Waals surface area contributed by atoms with Gasteiger partial charge in [0, 0.05) is 10.0 Å². The Morgan fingerprint density at radius 3 is 3.18 bits per heavy atom. The van der Waals surface area contributed by atoms with E-state index < -0.39 is 0 Å². The summed E-state index contributed by atoms with van der Waals surface area (Å²) in [5.41, 5.74) is 6.86. The molecule has 0 fully saturated rings. The standard InChI is InChI=1S/C8H8BrNO/c9-5-1-2-6-7(10)4-11-8(6)3-5/h1-3,7H,4,10H2. The summed E-state index contributed by atoms with van der Waals surface area (Å²) in [7, 11) is 0. The van der Waals surface area contributed by atoms with E-state index in [0.717, 1.165) is 15.8 Å². The second-order valence-corrected chi connectivity index (χ2v) is 3.52. The van der Waals surface area contributed by atoms with Crippen LogP contribution in [0.15, 0.2) is 22.7 Å². The van der Waals surface area contributed by atoms with Crippen molar-refractivity contribution in [3.63, 3.8) is 0 Å². The van der Waals surface area contributed by atoms with Gasteiger partial charge in [-0.05, 0) is 12.1 Å². The Balaban J connectivity index is 2.50. The highest BCUT2D eigenvalue weighted by atomic mass is 79.9. The van der Waals surface area contributed by atoms with Gasteiger partial charge in [-0.1, -0.05) is 22.0 Å². The smallest absolute Gasteiger partial charge is 0.125 e. The van der Waals surface area contributed by atoms with Crippen LogP contribution in [-0.2, 0) is 0 Å². The maximum absolute atomic E-state index is 5.76. The summed E-state index contributed by atoms with van der Waals surface area (Å²) in [4.78, 5) is 0.